The zero-order chi connectivity index (χ0) is 26.9. The van der Waals surface area contributed by atoms with Crippen LogP contribution < -0.4 is 5.32 Å². The van der Waals surface area contributed by atoms with Crippen LogP contribution in [0, 0.1) is 0 Å². The number of fused-ring (bicyclic) bond motifs is 1. The molecule has 2 aromatic rings. The molecule has 3 unspecified atom stereocenters. The first-order valence-electron chi connectivity index (χ1n) is 10.9. The molecule has 1 aromatic heterocycles. The van der Waals surface area contributed by atoms with Crippen LogP contribution in [-0.2, 0) is 31.0 Å². The number of hydrogen-bond acceptors (Lipinski definition) is 10. The number of aliphatic carboxylic acids is 2. The number of carboxylic acids is 2. The molecular weight excluding hydrogens is 526 g/mol. The highest BCUT2D eigenvalue weighted by atomic mass is 32.2. The Morgan fingerprint density at radius 2 is 1.95 bits per heavy atom. The highest BCUT2D eigenvalue weighted by Gasteiger charge is 2.54. The van der Waals surface area contributed by atoms with Crippen LogP contribution in [0.5, 0.6) is 0 Å². The maximum atomic E-state index is 12.9. The minimum Gasteiger partial charge on any atom is -0.479 e. The first-order valence-corrected chi connectivity index (χ1v) is 12.9. The summed E-state index contributed by atoms with van der Waals surface area (Å²) < 4.78 is 6.39. The molecule has 1 fully saturated rings. The van der Waals surface area contributed by atoms with Crippen molar-refractivity contribution in [3.63, 3.8) is 0 Å². The molecule has 0 bridgehead atoms. The number of ether oxygens (including phenoxy) is 1. The number of aliphatic hydroxyl groups excluding tert-OH is 1. The first-order chi connectivity index (χ1) is 17.6. The second-order valence-electron chi connectivity index (χ2n) is 8.11. The van der Waals surface area contributed by atoms with Crippen LogP contribution >= 0.6 is 23.5 Å². The number of carbonyl (C=O) groups excluding carboxylic acids is 2. The number of amides is 2. The maximum Gasteiger partial charge on any atom is 0.352 e. The number of nitrogens with zero attached hydrogens (tertiary/aromatic N) is 4. The maximum absolute atomic E-state index is 12.9. The number of benzene rings is 1. The number of aromatic nitrogens is 3. The average Bonchev–Trinajstić information content (AvgIpc) is 3.24. The Kier molecular flexibility index (Phi) is 7.87. The highest BCUT2D eigenvalue weighted by Crippen LogP contribution is 2.41. The van der Waals surface area contributed by atoms with Gasteiger partial charge in [-0.25, -0.2) is 9.59 Å². The third kappa shape index (κ3) is 5.07. The molecule has 4 rings (SSSR count). The lowest BCUT2D eigenvalue weighted by molar-refractivity contribution is -0.151. The molecule has 2 amide bonds. The van der Waals surface area contributed by atoms with E-state index in [4.69, 9.17) is 4.74 Å². The highest BCUT2D eigenvalue weighted by molar-refractivity contribution is 8.01. The van der Waals surface area contributed by atoms with E-state index in [9.17, 15) is 34.5 Å². The number of nitrogens with one attached hydrogen (secondary N) is 1. The van der Waals surface area contributed by atoms with E-state index in [1.54, 1.807) is 37.4 Å². The fourth-order valence-electron chi connectivity index (χ4n) is 3.96. The summed E-state index contributed by atoms with van der Waals surface area (Å²) in [4.78, 5) is 50.0. The predicted molar refractivity (Wildman–Crippen MR) is 130 cm³/mol. The number of carboxylic acid groups (broad SMARTS) is 2. The Labute approximate surface area is 218 Å². The van der Waals surface area contributed by atoms with Gasteiger partial charge in [-0.2, -0.15) is 0 Å². The zero-order valence-corrected chi connectivity index (χ0v) is 21.2. The number of rotatable bonds is 10. The summed E-state index contributed by atoms with van der Waals surface area (Å²) in [6.07, 6.45) is -2.77. The van der Waals surface area contributed by atoms with E-state index in [1.165, 1.54) is 23.4 Å². The van der Waals surface area contributed by atoms with Gasteiger partial charge in [-0.15, -0.1) is 22.0 Å². The van der Waals surface area contributed by atoms with Crippen molar-refractivity contribution < 1.29 is 39.2 Å². The van der Waals surface area contributed by atoms with Crippen LogP contribution in [0.4, 0.5) is 0 Å². The average molecular weight is 550 g/mol. The lowest BCUT2D eigenvalue weighted by atomic mass is 10.0. The molecule has 0 aliphatic carbocycles. The Hall–Kier alpha value is -3.40. The van der Waals surface area contributed by atoms with Crippen LogP contribution in [0.25, 0.3) is 0 Å². The fraction of sp³-hybridized carbons (Fsp3) is 0.364. The number of thioether (sulfide) groups is 2. The van der Waals surface area contributed by atoms with Gasteiger partial charge in [0.2, 0.25) is 6.10 Å². The van der Waals surface area contributed by atoms with E-state index in [2.05, 4.69) is 15.5 Å². The first kappa shape index (κ1) is 26.7. The predicted octanol–water partition coefficient (Wildman–Crippen LogP) is 0.152. The Morgan fingerprint density at radius 1 is 1.24 bits per heavy atom. The number of hydrogen-bond donors (Lipinski definition) is 4. The summed E-state index contributed by atoms with van der Waals surface area (Å²) in [6, 6.07) is 7.29. The van der Waals surface area contributed by atoms with Crippen molar-refractivity contribution >= 4 is 47.3 Å². The molecule has 0 spiro atoms. The molecule has 37 heavy (non-hydrogen) atoms. The van der Waals surface area contributed by atoms with Gasteiger partial charge in [-0.3, -0.25) is 14.5 Å². The van der Waals surface area contributed by atoms with Gasteiger partial charge in [0.15, 0.2) is 17.1 Å². The Bertz CT molecular complexity index is 1270. The molecule has 0 saturated carbocycles. The Balaban J connectivity index is 1.46. The van der Waals surface area contributed by atoms with Crippen molar-refractivity contribution in [3.05, 3.63) is 53.0 Å². The molecule has 4 atom stereocenters. The third-order valence-electron chi connectivity index (χ3n) is 5.85. The van der Waals surface area contributed by atoms with Gasteiger partial charge in [0, 0.05) is 25.7 Å². The molecular formula is C22H23N5O8S2. The molecule has 1 aromatic carbocycles. The molecule has 15 heteroatoms. The van der Waals surface area contributed by atoms with Crippen molar-refractivity contribution in [2.75, 3.05) is 18.6 Å². The summed E-state index contributed by atoms with van der Waals surface area (Å²) in [7, 11) is 2.81. The summed E-state index contributed by atoms with van der Waals surface area (Å²) in [5, 5.41) is 39.5. The standard InChI is InChI=1S/C22H23N5O8S2/c1-26-16(15(35-2)21(33)34)24-25-22(26)37-9-11-8-36-19-12(18(30)27(19)13(11)20(31)32)23-17(29)14(28)10-6-4-3-5-7-10/h3-7,12,14-15,19,28H,8-9H2,1-2H3,(H,23,29)(H,31,32)(H,33,34)/t12?,14?,15?,19-/m0/s1. The van der Waals surface area contributed by atoms with E-state index in [0.29, 0.717) is 16.3 Å². The summed E-state index contributed by atoms with van der Waals surface area (Å²) in [5.41, 5.74) is 0.669. The van der Waals surface area contributed by atoms with Crippen LogP contribution in [0.1, 0.15) is 23.6 Å². The van der Waals surface area contributed by atoms with Gasteiger partial charge in [0.05, 0.1) is 0 Å². The summed E-state index contributed by atoms with van der Waals surface area (Å²) in [6.45, 7) is 0. The third-order valence-corrected chi connectivity index (χ3v) is 8.30. The number of aliphatic hydroxyl groups is 1. The number of β-lactam (4-membered cyclic amide) rings is 1. The molecule has 13 nitrogen and oxygen atoms in total. The molecule has 0 radical (unpaired) electrons. The smallest absolute Gasteiger partial charge is 0.352 e. The summed E-state index contributed by atoms with van der Waals surface area (Å²) >= 11 is 2.44. The van der Waals surface area contributed by atoms with Crippen molar-refractivity contribution in [3.8, 4) is 0 Å². The van der Waals surface area contributed by atoms with Crippen molar-refractivity contribution in [1.29, 1.82) is 0 Å². The van der Waals surface area contributed by atoms with E-state index in [-0.39, 0.29) is 23.0 Å². The quantitative estimate of drug-likeness (QED) is 0.233. The number of carbonyl (C=O) groups is 4. The van der Waals surface area contributed by atoms with Crippen LogP contribution in [0.3, 0.4) is 0 Å². The molecule has 3 heterocycles. The van der Waals surface area contributed by atoms with Gasteiger partial charge < -0.3 is 29.9 Å². The zero-order valence-electron chi connectivity index (χ0n) is 19.6. The molecule has 4 N–H and O–H groups in total. The van der Waals surface area contributed by atoms with E-state index in [0.717, 1.165) is 16.7 Å². The van der Waals surface area contributed by atoms with Gasteiger partial charge in [-0.1, -0.05) is 42.1 Å². The molecule has 2 aliphatic rings. The lowest BCUT2D eigenvalue weighted by Crippen LogP contribution is -2.70. The fourth-order valence-corrected chi connectivity index (χ4v) is 6.36. The van der Waals surface area contributed by atoms with Crippen LogP contribution in [0.15, 0.2) is 46.8 Å². The van der Waals surface area contributed by atoms with Gasteiger partial charge in [-0.05, 0) is 11.1 Å². The number of methoxy groups -OCH3 is 1. The minimum atomic E-state index is -1.46. The normalized spacial score (nSPS) is 20.6. The minimum absolute atomic E-state index is 0.0808. The van der Waals surface area contributed by atoms with Crippen molar-refractivity contribution in [1.82, 2.24) is 25.0 Å². The summed E-state index contributed by atoms with van der Waals surface area (Å²) in [5.74, 6) is -3.33. The molecule has 2 aliphatic heterocycles. The monoisotopic (exact) mass is 549 g/mol. The van der Waals surface area contributed by atoms with E-state index < -0.39 is 47.4 Å². The molecule has 196 valence electrons. The second kappa shape index (κ2) is 10.9. The molecule has 1 saturated heterocycles. The Morgan fingerprint density at radius 3 is 2.57 bits per heavy atom. The van der Waals surface area contributed by atoms with E-state index >= 15 is 0 Å². The lowest BCUT2D eigenvalue weighted by Gasteiger charge is -2.49. The van der Waals surface area contributed by atoms with Crippen LogP contribution in [-0.4, -0.2) is 88.8 Å². The van der Waals surface area contributed by atoms with E-state index in [1.807, 2.05) is 0 Å². The second-order valence-corrected chi connectivity index (χ2v) is 10.2. The van der Waals surface area contributed by atoms with Gasteiger partial charge >= 0.3 is 11.9 Å². The topological polar surface area (TPSA) is 184 Å². The van der Waals surface area contributed by atoms with Gasteiger partial charge in [0.1, 0.15) is 17.1 Å². The van der Waals surface area contributed by atoms with Crippen molar-refractivity contribution in [2.24, 2.45) is 7.05 Å². The largest absolute Gasteiger partial charge is 0.479 e. The van der Waals surface area contributed by atoms with Gasteiger partial charge in [0.25, 0.3) is 11.8 Å². The van der Waals surface area contributed by atoms with Crippen molar-refractivity contribution in [2.45, 2.75) is 28.8 Å². The van der Waals surface area contributed by atoms with Crippen LogP contribution in [0.2, 0.25) is 0 Å². The SMILES string of the molecule is COC(C(=O)O)c1nnc(SCC2=C(C(=O)O)N3C(=O)C(NC(=O)C(O)c4ccccc4)[C@@H]3SC2)n1C.